The highest BCUT2D eigenvalue weighted by molar-refractivity contribution is 6.30. The fourth-order valence-electron chi connectivity index (χ4n) is 4.22. The summed E-state index contributed by atoms with van der Waals surface area (Å²) >= 11 is 5.89. The van der Waals surface area contributed by atoms with Gasteiger partial charge in [-0.25, -0.2) is 9.97 Å². The van der Waals surface area contributed by atoms with Crippen LogP contribution in [0, 0.1) is 5.92 Å². The van der Waals surface area contributed by atoms with Crippen molar-refractivity contribution in [2.45, 2.75) is 51.4 Å². The van der Waals surface area contributed by atoms with Gasteiger partial charge in [0.2, 0.25) is 5.88 Å². The van der Waals surface area contributed by atoms with Crippen molar-refractivity contribution in [3.8, 4) is 5.88 Å². The van der Waals surface area contributed by atoms with E-state index in [2.05, 4.69) is 32.9 Å². The molecular weight excluding hydrogens is 424 g/mol. The molecule has 32 heavy (non-hydrogen) atoms. The second kappa shape index (κ2) is 9.84. The first kappa shape index (κ1) is 21.2. The van der Waals surface area contributed by atoms with Crippen LogP contribution in [0.5, 0.6) is 5.88 Å². The van der Waals surface area contributed by atoms with Gasteiger partial charge in [-0.05, 0) is 55.4 Å². The summed E-state index contributed by atoms with van der Waals surface area (Å²) in [6.45, 7) is 2.18. The monoisotopic (exact) mass is 450 g/mol. The third kappa shape index (κ3) is 5.19. The van der Waals surface area contributed by atoms with Crippen molar-refractivity contribution in [2.75, 3.05) is 6.61 Å². The summed E-state index contributed by atoms with van der Waals surface area (Å²) in [4.78, 5) is 13.6. The van der Waals surface area contributed by atoms with Crippen molar-refractivity contribution in [1.82, 2.24) is 19.5 Å². The van der Waals surface area contributed by atoms with Crippen LogP contribution in [-0.4, -0.2) is 32.2 Å². The van der Waals surface area contributed by atoms with E-state index in [1.54, 1.807) is 6.20 Å². The van der Waals surface area contributed by atoms with Crippen molar-refractivity contribution in [1.29, 1.82) is 0 Å². The Bertz CT molecular complexity index is 1080. The summed E-state index contributed by atoms with van der Waals surface area (Å²) in [7, 11) is 0. The minimum atomic E-state index is 0.358. The number of rotatable bonds is 8. The Hall–Kier alpha value is -2.70. The van der Waals surface area contributed by atoms with Gasteiger partial charge < -0.3 is 14.0 Å². The van der Waals surface area contributed by atoms with Gasteiger partial charge >= 0.3 is 0 Å². The van der Waals surface area contributed by atoms with Crippen LogP contribution in [0.2, 0.25) is 5.02 Å². The van der Waals surface area contributed by atoms with Crippen LogP contribution < -0.4 is 4.74 Å². The second-order valence-electron chi connectivity index (χ2n) is 8.47. The molecule has 1 unspecified atom stereocenters. The molecule has 0 spiro atoms. The number of imidazole rings is 1. The molecule has 1 saturated heterocycles. The molecule has 3 aromatic rings. The number of halogens is 1. The predicted molar refractivity (Wildman–Crippen MR) is 123 cm³/mol. The van der Waals surface area contributed by atoms with Gasteiger partial charge in [-0.2, -0.15) is 0 Å². The molecule has 3 aromatic heterocycles. The van der Waals surface area contributed by atoms with Crippen molar-refractivity contribution in [3.05, 3.63) is 77.2 Å². The summed E-state index contributed by atoms with van der Waals surface area (Å²) in [6.07, 6.45) is 13.7. The molecule has 0 radical (unpaired) electrons. The first-order chi connectivity index (χ1) is 15.7. The van der Waals surface area contributed by atoms with Gasteiger partial charge in [0.25, 0.3) is 0 Å². The zero-order chi connectivity index (χ0) is 21.8. The topological polar surface area (TPSA) is 62.1 Å². The molecule has 0 bridgehead atoms. The first-order valence-corrected chi connectivity index (χ1v) is 11.6. The lowest BCUT2D eigenvalue weighted by molar-refractivity contribution is -0.0596. The lowest BCUT2D eigenvalue weighted by atomic mass is 9.86. The Morgan fingerprint density at radius 2 is 2.09 bits per heavy atom. The van der Waals surface area contributed by atoms with Crippen LogP contribution in [0.4, 0.5) is 0 Å². The molecular formula is C25H27ClN4O2. The van der Waals surface area contributed by atoms with E-state index in [1.807, 2.05) is 30.5 Å². The molecule has 0 saturated carbocycles. The lowest BCUT2D eigenvalue weighted by Gasteiger charge is -2.28. The molecule has 7 heteroatoms. The highest BCUT2D eigenvalue weighted by atomic mass is 35.5. The minimum absolute atomic E-state index is 0.358. The number of allylic oxidation sites excluding steroid dienone is 2. The van der Waals surface area contributed by atoms with E-state index in [0.29, 0.717) is 29.5 Å². The molecule has 0 N–H and O–H groups in total. The normalized spacial score (nSPS) is 20.5. The molecule has 1 fully saturated rings. The molecule has 4 heterocycles. The van der Waals surface area contributed by atoms with Crippen LogP contribution in [0.3, 0.4) is 0 Å². The van der Waals surface area contributed by atoms with Crippen LogP contribution in [-0.2, 0) is 24.3 Å². The number of ether oxygens (including phenoxy) is 2. The van der Waals surface area contributed by atoms with Gasteiger partial charge in [0.1, 0.15) is 12.4 Å². The maximum Gasteiger partial charge on any atom is 0.214 e. The molecule has 2 aliphatic rings. The van der Waals surface area contributed by atoms with E-state index in [0.717, 1.165) is 56.6 Å². The van der Waals surface area contributed by atoms with E-state index in [9.17, 15) is 0 Å². The van der Waals surface area contributed by atoms with Gasteiger partial charge in [-0.15, -0.1) is 0 Å². The van der Waals surface area contributed by atoms with Gasteiger partial charge in [0, 0.05) is 37.7 Å². The minimum Gasteiger partial charge on any atom is -0.471 e. The largest absolute Gasteiger partial charge is 0.471 e. The van der Waals surface area contributed by atoms with Gasteiger partial charge in [0.15, 0.2) is 0 Å². The number of aromatic nitrogens is 4. The summed E-state index contributed by atoms with van der Waals surface area (Å²) in [6, 6.07) is 9.62. The molecule has 5 rings (SSSR count). The Kier molecular flexibility index (Phi) is 6.51. The fraction of sp³-hybridized carbons (Fsp3) is 0.400. The Morgan fingerprint density at radius 1 is 1.16 bits per heavy atom. The molecule has 2 atom stereocenters. The van der Waals surface area contributed by atoms with Crippen LogP contribution in [0.25, 0.3) is 5.57 Å². The van der Waals surface area contributed by atoms with Crippen LogP contribution >= 0.6 is 11.6 Å². The Labute approximate surface area is 193 Å². The summed E-state index contributed by atoms with van der Waals surface area (Å²) in [5.74, 6) is 2.40. The third-order valence-corrected chi connectivity index (χ3v) is 6.42. The Balaban J connectivity index is 1.17. The van der Waals surface area contributed by atoms with E-state index in [-0.39, 0.29) is 0 Å². The maximum atomic E-state index is 5.89. The van der Waals surface area contributed by atoms with E-state index >= 15 is 0 Å². The van der Waals surface area contributed by atoms with E-state index < -0.39 is 0 Å². The smallest absolute Gasteiger partial charge is 0.214 e. The average molecular weight is 451 g/mol. The zero-order valence-electron chi connectivity index (χ0n) is 18.0. The van der Waals surface area contributed by atoms with Gasteiger partial charge in [-0.1, -0.05) is 23.7 Å². The maximum absolute atomic E-state index is 5.89. The van der Waals surface area contributed by atoms with Crippen LogP contribution in [0.1, 0.15) is 42.9 Å². The molecule has 166 valence electrons. The SMILES string of the molecule is Clc1ccc(COc2cccc(C3=CCC(Cc4nccn4C[C@@H]4CCO4)CC3)n2)nc1. The molecule has 0 aromatic carbocycles. The molecule has 1 aliphatic carbocycles. The molecule has 6 nitrogen and oxygen atoms in total. The predicted octanol–water partition coefficient (Wildman–Crippen LogP) is 5.12. The van der Waals surface area contributed by atoms with Crippen molar-refractivity contribution >= 4 is 17.2 Å². The quantitative estimate of drug-likeness (QED) is 0.476. The summed E-state index contributed by atoms with van der Waals surface area (Å²) < 4.78 is 13.7. The highest BCUT2D eigenvalue weighted by Gasteiger charge is 2.22. The summed E-state index contributed by atoms with van der Waals surface area (Å²) in [5.41, 5.74) is 3.11. The number of hydrogen-bond acceptors (Lipinski definition) is 5. The number of nitrogens with zero attached hydrogens (tertiary/aromatic N) is 4. The molecule has 0 amide bonds. The third-order valence-electron chi connectivity index (χ3n) is 6.20. The summed E-state index contributed by atoms with van der Waals surface area (Å²) in [5, 5.41) is 0.618. The van der Waals surface area contributed by atoms with Gasteiger partial charge in [-0.3, -0.25) is 4.98 Å². The lowest BCUT2D eigenvalue weighted by Crippen LogP contribution is -2.31. The number of hydrogen-bond donors (Lipinski definition) is 0. The van der Waals surface area contributed by atoms with Crippen LogP contribution in [0.15, 0.2) is 55.0 Å². The molecule has 1 aliphatic heterocycles. The number of pyridine rings is 2. The Morgan fingerprint density at radius 3 is 2.84 bits per heavy atom. The van der Waals surface area contributed by atoms with Crippen molar-refractivity contribution < 1.29 is 9.47 Å². The average Bonchev–Trinajstić information content (AvgIpc) is 3.23. The fourth-order valence-corrected chi connectivity index (χ4v) is 4.33. The van der Waals surface area contributed by atoms with Crippen molar-refractivity contribution in [3.63, 3.8) is 0 Å². The van der Waals surface area contributed by atoms with Crippen molar-refractivity contribution in [2.24, 2.45) is 5.92 Å². The zero-order valence-corrected chi connectivity index (χ0v) is 18.7. The highest BCUT2D eigenvalue weighted by Crippen LogP contribution is 2.32. The second-order valence-corrected chi connectivity index (χ2v) is 8.91. The standard InChI is InChI=1S/C25H27ClN4O2/c26-20-8-9-21(28-15-20)17-32-25-3-1-2-23(29-25)19-6-4-18(5-7-19)14-24-27-11-12-30(24)16-22-10-13-31-22/h1-3,6,8-9,11-12,15,18,22H,4-5,7,10,13-14,16-17H2/t18?,22-/m0/s1. The van der Waals surface area contributed by atoms with E-state index in [1.165, 1.54) is 11.4 Å². The van der Waals surface area contributed by atoms with Gasteiger partial charge in [0.05, 0.1) is 29.1 Å². The first-order valence-electron chi connectivity index (χ1n) is 11.2. The van der Waals surface area contributed by atoms with E-state index in [4.69, 9.17) is 26.1 Å².